The van der Waals surface area contributed by atoms with Crippen LogP contribution in [-0.4, -0.2) is 38.7 Å². The second-order valence-corrected chi connectivity index (χ2v) is 11.1. The highest BCUT2D eigenvalue weighted by Gasteiger charge is 2.29. The van der Waals surface area contributed by atoms with Gasteiger partial charge in [0.2, 0.25) is 5.91 Å². The number of carbonyl (C=O) groups is 1. The third-order valence-electron chi connectivity index (χ3n) is 6.90. The first-order valence-electron chi connectivity index (χ1n) is 12.5. The number of para-hydroxylation sites is 2. The number of amides is 1. The van der Waals surface area contributed by atoms with E-state index in [4.69, 9.17) is 22.3 Å². The molecular weight excluding hydrogens is 513 g/mol. The molecule has 5 rings (SSSR count). The number of nitrogens with zero attached hydrogens (tertiary/aromatic N) is 3. The predicted octanol–water partition coefficient (Wildman–Crippen LogP) is 4.32. The molecule has 2 aliphatic rings. The van der Waals surface area contributed by atoms with Gasteiger partial charge in [-0.05, 0) is 42.7 Å². The number of nitrogens with two attached hydrogens (primary N) is 1. The Hall–Kier alpha value is -2.88. The molecule has 0 radical (unpaired) electrons. The smallest absolute Gasteiger partial charge is 0.264 e. The average Bonchev–Trinajstić information content (AvgIpc) is 2.86. The van der Waals surface area contributed by atoms with Crippen LogP contribution in [-0.2, 0) is 24.3 Å². The van der Waals surface area contributed by atoms with Crippen molar-refractivity contribution < 1.29 is 9.18 Å². The van der Waals surface area contributed by atoms with Crippen LogP contribution in [0.1, 0.15) is 42.5 Å². The van der Waals surface area contributed by atoms with Gasteiger partial charge in [0.1, 0.15) is 5.82 Å². The minimum Gasteiger partial charge on any atom is -0.397 e. The van der Waals surface area contributed by atoms with Crippen LogP contribution < -0.4 is 16.6 Å². The maximum absolute atomic E-state index is 13.8. The van der Waals surface area contributed by atoms with Gasteiger partial charge in [-0.25, -0.2) is 9.37 Å². The Morgan fingerprint density at radius 1 is 1.24 bits per heavy atom. The Morgan fingerprint density at radius 2 is 2.05 bits per heavy atom. The topological polar surface area (TPSA) is 93.2 Å². The summed E-state index contributed by atoms with van der Waals surface area (Å²) in [5.74, 6) is -0.423. The molecule has 10 heteroatoms. The van der Waals surface area contributed by atoms with Crippen LogP contribution in [0.2, 0.25) is 5.02 Å². The molecule has 194 valence electrons. The average molecular weight is 542 g/mol. The molecule has 37 heavy (non-hydrogen) atoms. The van der Waals surface area contributed by atoms with Crippen molar-refractivity contribution in [1.82, 2.24) is 19.8 Å². The Morgan fingerprint density at radius 3 is 2.78 bits per heavy atom. The van der Waals surface area contributed by atoms with E-state index < -0.39 is 0 Å². The maximum atomic E-state index is 13.8. The number of halogens is 2. The Bertz CT molecular complexity index is 1380. The van der Waals surface area contributed by atoms with Gasteiger partial charge in [-0.1, -0.05) is 48.0 Å². The van der Waals surface area contributed by atoms with E-state index in [9.17, 15) is 14.0 Å². The molecule has 2 aromatic carbocycles. The third kappa shape index (κ3) is 5.68. The monoisotopic (exact) mass is 541 g/mol. The van der Waals surface area contributed by atoms with Crippen molar-refractivity contribution in [3.63, 3.8) is 0 Å². The van der Waals surface area contributed by atoms with Crippen molar-refractivity contribution in [2.24, 2.45) is 0 Å². The van der Waals surface area contributed by atoms with E-state index in [1.165, 1.54) is 18.6 Å². The maximum Gasteiger partial charge on any atom is 0.264 e. The summed E-state index contributed by atoms with van der Waals surface area (Å²) >= 11 is 7.72. The molecule has 3 N–H and O–H groups in total. The fourth-order valence-corrected chi connectivity index (χ4v) is 6.08. The number of carbonyl (C=O) groups excluding carboxylic acids is 1. The number of fused-ring (bicyclic) bond motifs is 1. The van der Waals surface area contributed by atoms with Crippen molar-refractivity contribution >= 4 is 35.0 Å². The largest absolute Gasteiger partial charge is 0.397 e. The van der Waals surface area contributed by atoms with Gasteiger partial charge >= 0.3 is 0 Å². The fraction of sp³-hybridized carbons (Fsp3) is 0.370. The number of aromatic nitrogens is 2. The van der Waals surface area contributed by atoms with E-state index in [0.717, 1.165) is 24.1 Å². The lowest BCUT2D eigenvalue weighted by Gasteiger charge is -2.30. The normalized spacial score (nSPS) is 15.4. The second kappa shape index (κ2) is 11.2. The molecule has 1 saturated carbocycles. The first kappa shape index (κ1) is 25.8. The summed E-state index contributed by atoms with van der Waals surface area (Å²) in [5.41, 5.74) is 9.31. The number of nitrogens with one attached hydrogen (secondary N) is 1. The summed E-state index contributed by atoms with van der Waals surface area (Å²) in [5, 5.41) is 4.67. The van der Waals surface area contributed by atoms with Crippen LogP contribution in [0.15, 0.2) is 52.4 Å². The van der Waals surface area contributed by atoms with Crippen LogP contribution in [0.5, 0.6) is 0 Å². The quantitative estimate of drug-likeness (QED) is 0.251. The SMILES string of the molecule is Nc1ccccc1-n1c(SC2CCC2)nc2c(c1=O)CN(C(=O)CCNCc1ccc(F)cc1Cl)CC2. The Kier molecular flexibility index (Phi) is 7.83. The van der Waals surface area contributed by atoms with E-state index in [-0.39, 0.29) is 30.2 Å². The zero-order chi connectivity index (χ0) is 25.9. The lowest BCUT2D eigenvalue weighted by atomic mass is 10.0. The molecule has 2 heterocycles. The summed E-state index contributed by atoms with van der Waals surface area (Å²) in [6.45, 7) is 1.62. The second-order valence-electron chi connectivity index (χ2n) is 9.42. The number of thioether (sulfide) groups is 1. The number of anilines is 1. The van der Waals surface area contributed by atoms with Gasteiger partial charge in [0.25, 0.3) is 5.56 Å². The molecule has 0 saturated heterocycles. The Labute approximate surface area is 224 Å². The summed E-state index contributed by atoms with van der Waals surface area (Å²) < 4.78 is 14.9. The molecule has 1 fully saturated rings. The predicted molar refractivity (Wildman–Crippen MR) is 145 cm³/mol. The van der Waals surface area contributed by atoms with Crippen LogP contribution in [0, 0.1) is 5.82 Å². The highest BCUT2D eigenvalue weighted by molar-refractivity contribution is 7.99. The molecule has 0 unspecified atom stereocenters. The van der Waals surface area contributed by atoms with E-state index in [1.54, 1.807) is 33.4 Å². The number of benzene rings is 2. The van der Waals surface area contributed by atoms with Gasteiger partial charge in [0.15, 0.2) is 5.16 Å². The van der Waals surface area contributed by atoms with E-state index in [0.29, 0.717) is 58.4 Å². The lowest BCUT2D eigenvalue weighted by molar-refractivity contribution is -0.132. The summed E-state index contributed by atoms with van der Waals surface area (Å²) in [6, 6.07) is 11.6. The number of hydrogen-bond donors (Lipinski definition) is 2. The van der Waals surface area contributed by atoms with Gasteiger partial charge in [-0.15, -0.1) is 0 Å². The van der Waals surface area contributed by atoms with Crippen molar-refractivity contribution in [2.45, 2.75) is 55.6 Å². The molecule has 0 spiro atoms. The molecule has 7 nitrogen and oxygen atoms in total. The highest BCUT2D eigenvalue weighted by atomic mass is 35.5. The summed E-state index contributed by atoms with van der Waals surface area (Å²) in [4.78, 5) is 33.4. The van der Waals surface area contributed by atoms with Crippen LogP contribution in [0.25, 0.3) is 5.69 Å². The van der Waals surface area contributed by atoms with Crippen molar-refractivity contribution in [3.05, 3.63) is 80.5 Å². The van der Waals surface area contributed by atoms with Gasteiger partial charge in [-0.3, -0.25) is 14.2 Å². The number of rotatable bonds is 8. The van der Waals surface area contributed by atoms with Crippen molar-refractivity contribution in [1.29, 1.82) is 0 Å². The van der Waals surface area contributed by atoms with E-state index in [2.05, 4.69) is 5.32 Å². The van der Waals surface area contributed by atoms with Crippen LogP contribution in [0.3, 0.4) is 0 Å². The van der Waals surface area contributed by atoms with Crippen LogP contribution >= 0.6 is 23.4 Å². The number of nitrogen functional groups attached to an aromatic ring is 1. The first-order chi connectivity index (χ1) is 17.9. The summed E-state index contributed by atoms with van der Waals surface area (Å²) in [6.07, 6.45) is 4.25. The Balaban J connectivity index is 1.30. The molecule has 1 amide bonds. The molecule has 3 aromatic rings. The van der Waals surface area contributed by atoms with Gasteiger partial charge < -0.3 is 16.0 Å². The molecule has 0 atom stereocenters. The molecular formula is C27H29ClFN5O2S. The third-order valence-corrected chi connectivity index (χ3v) is 8.54. The number of hydrogen-bond acceptors (Lipinski definition) is 6. The van der Waals surface area contributed by atoms with Gasteiger partial charge in [0, 0.05) is 42.7 Å². The standard InChI is InChI=1S/C27H29ClFN5O2S/c28-21-14-18(29)9-8-17(21)15-31-12-10-25(35)33-13-11-23-20(16-33)26(36)34(24-7-2-1-6-22(24)30)27(32-23)37-19-4-3-5-19/h1-2,6-9,14,19,31H,3-5,10-13,15-16,30H2. The molecule has 1 aliphatic heterocycles. The van der Waals surface area contributed by atoms with Crippen molar-refractivity contribution in [3.8, 4) is 5.69 Å². The molecule has 1 aromatic heterocycles. The van der Waals surface area contributed by atoms with Gasteiger partial charge in [0.05, 0.1) is 29.2 Å². The minimum atomic E-state index is -0.383. The van der Waals surface area contributed by atoms with E-state index in [1.807, 2.05) is 18.2 Å². The fourth-order valence-electron chi connectivity index (χ4n) is 4.53. The highest BCUT2D eigenvalue weighted by Crippen LogP contribution is 2.37. The summed E-state index contributed by atoms with van der Waals surface area (Å²) in [7, 11) is 0. The van der Waals surface area contributed by atoms with Gasteiger partial charge in [-0.2, -0.15) is 0 Å². The molecule has 0 bridgehead atoms. The van der Waals surface area contributed by atoms with E-state index >= 15 is 0 Å². The molecule has 1 aliphatic carbocycles. The lowest BCUT2D eigenvalue weighted by Crippen LogP contribution is -2.42. The first-order valence-corrected chi connectivity index (χ1v) is 13.7. The zero-order valence-electron chi connectivity index (χ0n) is 20.4. The zero-order valence-corrected chi connectivity index (χ0v) is 22.0. The van der Waals surface area contributed by atoms with Crippen LogP contribution in [0.4, 0.5) is 10.1 Å². The minimum absolute atomic E-state index is 0.0403. The van der Waals surface area contributed by atoms with Crippen molar-refractivity contribution in [2.75, 3.05) is 18.8 Å².